The average Bonchev–Trinajstić information content (AvgIpc) is 3.03. The first-order chi connectivity index (χ1) is 12.0. The number of rotatable bonds is 5. The largest absolute Gasteiger partial charge is 0.384 e. The van der Waals surface area contributed by atoms with Crippen LogP contribution in [0.5, 0.6) is 0 Å². The van der Waals surface area contributed by atoms with Crippen LogP contribution in [0.1, 0.15) is 28.6 Å². The summed E-state index contributed by atoms with van der Waals surface area (Å²) >= 11 is 0. The van der Waals surface area contributed by atoms with E-state index in [-0.39, 0.29) is 12.5 Å². The molecular weight excluding hydrogens is 316 g/mol. The van der Waals surface area contributed by atoms with Gasteiger partial charge in [-0.2, -0.15) is 0 Å². The van der Waals surface area contributed by atoms with Crippen molar-refractivity contribution in [3.05, 3.63) is 77.6 Å². The minimum Gasteiger partial charge on any atom is -0.384 e. The monoisotopic (exact) mass is 336 g/mol. The van der Waals surface area contributed by atoms with E-state index in [9.17, 15) is 9.90 Å². The van der Waals surface area contributed by atoms with E-state index in [2.05, 4.69) is 10.5 Å². The third-order valence-electron chi connectivity index (χ3n) is 4.13. The van der Waals surface area contributed by atoms with Gasteiger partial charge in [0, 0.05) is 5.56 Å². The molecule has 3 rings (SSSR count). The molecule has 0 aliphatic heterocycles. The minimum absolute atomic E-state index is 0.0781. The number of benzene rings is 2. The molecule has 25 heavy (non-hydrogen) atoms. The van der Waals surface area contributed by atoms with E-state index in [1.165, 1.54) is 0 Å². The molecule has 3 aromatic rings. The van der Waals surface area contributed by atoms with Crippen LogP contribution >= 0.6 is 0 Å². The van der Waals surface area contributed by atoms with E-state index in [0.29, 0.717) is 17.0 Å². The Morgan fingerprint density at radius 2 is 1.72 bits per heavy atom. The van der Waals surface area contributed by atoms with Crippen molar-refractivity contribution < 1.29 is 14.4 Å². The molecule has 0 aliphatic rings. The number of amides is 1. The molecule has 1 heterocycles. The number of hydrogen-bond acceptors (Lipinski definition) is 4. The molecule has 0 fully saturated rings. The Bertz CT molecular complexity index is 855. The molecule has 1 aromatic heterocycles. The SMILES string of the molecule is Cc1onc(-c2ccccc2)c1C(=O)NCC(C)(O)c1ccccc1. The Morgan fingerprint density at radius 1 is 1.12 bits per heavy atom. The molecule has 0 radical (unpaired) electrons. The number of nitrogens with one attached hydrogen (secondary N) is 1. The zero-order valence-corrected chi connectivity index (χ0v) is 14.2. The first-order valence-electron chi connectivity index (χ1n) is 8.07. The van der Waals surface area contributed by atoms with Crippen LogP contribution < -0.4 is 5.32 Å². The standard InChI is InChI=1S/C20H20N2O3/c1-14-17(18(22-25-14)15-9-5-3-6-10-15)19(23)21-13-20(2,24)16-11-7-4-8-12-16/h3-12,24H,13H2,1-2H3,(H,21,23). The molecule has 0 saturated heterocycles. The zero-order valence-electron chi connectivity index (χ0n) is 14.2. The first-order valence-corrected chi connectivity index (χ1v) is 8.07. The molecule has 2 N–H and O–H groups in total. The van der Waals surface area contributed by atoms with E-state index in [1.807, 2.05) is 60.7 Å². The number of nitrogens with zero attached hydrogens (tertiary/aromatic N) is 1. The van der Waals surface area contributed by atoms with E-state index in [1.54, 1.807) is 13.8 Å². The Kier molecular flexibility index (Phi) is 4.67. The number of hydrogen-bond donors (Lipinski definition) is 2. The quantitative estimate of drug-likeness (QED) is 0.750. The van der Waals surface area contributed by atoms with Crippen LogP contribution in [0.2, 0.25) is 0 Å². The van der Waals surface area contributed by atoms with Crippen molar-refractivity contribution in [1.82, 2.24) is 10.5 Å². The van der Waals surface area contributed by atoms with Gasteiger partial charge in [-0.3, -0.25) is 4.79 Å². The summed E-state index contributed by atoms with van der Waals surface area (Å²) in [7, 11) is 0. The number of carbonyl (C=O) groups is 1. The lowest BCUT2D eigenvalue weighted by Gasteiger charge is -2.24. The predicted molar refractivity (Wildman–Crippen MR) is 95.0 cm³/mol. The van der Waals surface area contributed by atoms with Gasteiger partial charge in [0.1, 0.15) is 22.6 Å². The van der Waals surface area contributed by atoms with Gasteiger partial charge in [-0.25, -0.2) is 0 Å². The third kappa shape index (κ3) is 3.61. The van der Waals surface area contributed by atoms with Crippen molar-refractivity contribution in [2.75, 3.05) is 6.54 Å². The summed E-state index contributed by atoms with van der Waals surface area (Å²) < 4.78 is 5.21. The van der Waals surface area contributed by atoms with Crippen molar-refractivity contribution in [3.63, 3.8) is 0 Å². The lowest BCUT2D eigenvalue weighted by molar-refractivity contribution is 0.0526. The second kappa shape index (κ2) is 6.91. The summed E-state index contributed by atoms with van der Waals surface area (Å²) in [5.41, 5.74) is 1.25. The smallest absolute Gasteiger partial charge is 0.257 e. The maximum absolute atomic E-state index is 12.7. The lowest BCUT2D eigenvalue weighted by atomic mass is 9.96. The Balaban J connectivity index is 1.80. The van der Waals surface area contributed by atoms with E-state index in [0.717, 1.165) is 11.1 Å². The number of aliphatic hydroxyl groups is 1. The van der Waals surface area contributed by atoms with Crippen molar-refractivity contribution >= 4 is 5.91 Å². The molecule has 0 aliphatic carbocycles. The summed E-state index contributed by atoms with van der Waals surface area (Å²) in [5.74, 6) is 0.115. The molecule has 1 atom stereocenters. The highest BCUT2D eigenvalue weighted by molar-refractivity contribution is 6.00. The second-order valence-corrected chi connectivity index (χ2v) is 6.15. The number of aryl methyl sites for hydroxylation is 1. The topological polar surface area (TPSA) is 75.4 Å². The van der Waals surface area contributed by atoms with Gasteiger partial charge in [0.25, 0.3) is 5.91 Å². The first kappa shape index (κ1) is 16.9. The minimum atomic E-state index is -1.17. The lowest BCUT2D eigenvalue weighted by Crippen LogP contribution is -2.38. The maximum atomic E-state index is 12.7. The fourth-order valence-electron chi connectivity index (χ4n) is 2.67. The Hall–Kier alpha value is -2.92. The summed E-state index contributed by atoms with van der Waals surface area (Å²) in [6, 6.07) is 18.6. The van der Waals surface area contributed by atoms with Crippen LogP contribution in [-0.2, 0) is 5.60 Å². The van der Waals surface area contributed by atoms with E-state index in [4.69, 9.17) is 4.52 Å². The molecule has 0 saturated carbocycles. The van der Waals surface area contributed by atoms with Crippen LogP contribution in [0, 0.1) is 6.92 Å². The molecule has 0 spiro atoms. The van der Waals surface area contributed by atoms with Crippen LogP contribution in [0.4, 0.5) is 0 Å². The highest BCUT2D eigenvalue weighted by Crippen LogP contribution is 2.25. The Labute approximate surface area is 146 Å². The van der Waals surface area contributed by atoms with Crippen molar-refractivity contribution in [2.45, 2.75) is 19.4 Å². The summed E-state index contributed by atoms with van der Waals surface area (Å²) in [6.45, 7) is 3.44. The van der Waals surface area contributed by atoms with Gasteiger partial charge in [0.2, 0.25) is 0 Å². The fraction of sp³-hybridized carbons (Fsp3) is 0.200. The highest BCUT2D eigenvalue weighted by Gasteiger charge is 2.26. The molecule has 0 bridgehead atoms. The van der Waals surface area contributed by atoms with Gasteiger partial charge in [0.15, 0.2) is 0 Å². The molecule has 128 valence electrons. The van der Waals surface area contributed by atoms with Crippen molar-refractivity contribution in [1.29, 1.82) is 0 Å². The van der Waals surface area contributed by atoms with Gasteiger partial charge in [-0.05, 0) is 19.4 Å². The van der Waals surface area contributed by atoms with Crippen LogP contribution in [0.25, 0.3) is 11.3 Å². The highest BCUT2D eigenvalue weighted by atomic mass is 16.5. The molecular formula is C20H20N2O3. The molecule has 1 unspecified atom stereocenters. The van der Waals surface area contributed by atoms with Crippen molar-refractivity contribution in [2.24, 2.45) is 0 Å². The summed E-state index contributed by atoms with van der Waals surface area (Å²) in [6.07, 6.45) is 0. The van der Waals surface area contributed by atoms with Crippen LogP contribution in [0.3, 0.4) is 0 Å². The van der Waals surface area contributed by atoms with E-state index < -0.39 is 5.60 Å². The zero-order chi connectivity index (χ0) is 17.9. The van der Waals surface area contributed by atoms with Gasteiger partial charge < -0.3 is 14.9 Å². The van der Waals surface area contributed by atoms with Gasteiger partial charge in [-0.1, -0.05) is 65.8 Å². The van der Waals surface area contributed by atoms with Gasteiger partial charge in [0.05, 0.1) is 6.54 Å². The Morgan fingerprint density at radius 3 is 2.36 bits per heavy atom. The summed E-state index contributed by atoms with van der Waals surface area (Å²) in [4.78, 5) is 12.7. The van der Waals surface area contributed by atoms with Crippen LogP contribution in [-0.4, -0.2) is 22.7 Å². The van der Waals surface area contributed by atoms with Crippen LogP contribution in [0.15, 0.2) is 65.2 Å². The van der Waals surface area contributed by atoms with E-state index >= 15 is 0 Å². The molecule has 5 heteroatoms. The second-order valence-electron chi connectivity index (χ2n) is 6.15. The summed E-state index contributed by atoms with van der Waals surface area (Å²) in [5, 5.41) is 17.4. The fourth-order valence-corrected chi connectivity index (χ4v) is 2.67. The molecule has 2 aromatic carbocycles. The maximum Gasteiger partial charge on any atom is 0.257 e. The normalized spacial score (nSPS) is 13.2. The van der Waals surface area contributed by atoms with Crippen molar-refractivity contribution in [3.8, 4) is 11.3 Å². The number of carbonyl (C=O) groups excluding carboxylic acids is 1. The predicted octanol–water partition coefficient (Wildman–Crippen LogP) is 3.29. The third-order valence-corrected chi connectivity index (χ3v) is 4.13. The van der Waals surface area contributed by atoms with Gasteiger partial charge in [-0.15, -0.1) is 0 Å². The number of aromatic nitrogens is 1. The van der Waals surface area contributed by atoms with Gasteiger partial charge >= 0.3 is 0 Å². The average molecular weight is 336 g/mol. The molecule has 5 nitrogen and oxygen atoms in total. The molecule has 1 amide bonds.